The lowest BCUT2D eigenvalue weighted by atomic mass is 9.93. The van der Waals surface area contributed by atoms with Gasteiger partial charge in [0.15, 0.2) is 0 Å². The second-order valence-corrected chi connectivity index (χ2v) is 5.13. The molecule has 1 atom stereocenters. The molecule has 1 rings (SSSR count). The van der Waals surface area contributed by atoms with Crippen LogP contribution in [0.4, 0.5) is 0 Å². The second kappa shape index (κ2) is 6.16. The molecule has 1 aromatic rings. The van der Waals surface area contributed by atoms with E-state index in [0.717, 1.165) is 11.3 Å². The van der Waals surface area contributed by atoms with Gasteiger partial charge in [-0.05, 0) is 46.2 Å². The molecular formula is C14H24N2O2. The molecular weight excluding hydrogens is 228 g/mol. The molecule has 4 nitrogen and oxygen atoms in total. The van der Waals surface area contributed by atoms with Crippen LogP contribution in [0, 0.1) is 0 Å². The maximum absolute atomic E-state index is 6.24. The van der Waals surface area contributed by atoms with Crippen molar-refractivity contribution in [2.24, 2.45) is 5.73 Å². The maximum atomic E-state index is 6.24. The van der Waals surface area contributed by atoms with Gasteiger partial charge in [0, 0.05) is 12.8 Å². The van der Waals surface area contributed by atoms with Crippen LogP contribution in [-0.4, -0.2) is 23.3 Å². The van der Waals surface area contributed by atoms with Crippen LogP contribution in [0.2, 0.25) is 0 Å². The highest BCUT2D eigenvalue weighted by Crippen LogP contribution is 2.28. The lowest BCUT2D eigenvalue weighted by Gasteiger charge is -2.31. The lowest BCUT2D eigenvalue weighted by Crippen LogP contribution is -2.38. The smallest absolute Gasteiger partial charge is 0.138 e. The topological polar surface area (TPSA) is 57.4 Å². The summed E-state index contributed by atoms with van der Waals surface area (Å²) in [4.78, 5) is 4.17. The van der Waals surface area contributed by atoms with E-state index in [4.69, 9.17) is 15.2 Å². The fourth-order valence-corrected chi connectivity index (χ4v) is 1.81. The van der Waals surface area contributed by atoms with Gasteiger partial charge < -0.3 is 15.2 Å². The van der Waals surface area contributed by atoms with E-state index in [-0.39, 0.29) is 12.1 Å². The van der Waals surface area contributed by atoms with Crippen molar-refractivity contribution in [1.82, 2.24) is 4.98 Å². The van der Waals surface area contributed by atoms with Crippen molar-refractivity contribution in [1.29, 1.82) is 0 Å². The number of aromatic nitrogens is 1. The molecule has 0 aliphatic heterocycles. The number of hydrogen-bond acceptors (Lipinski definition) is 4. The summed E-state index contributed by atoms with van der Waals surface area (Å²) in [6.07, 6.45) is 3.58. The van der Waals surface area contributed by atoms with Crippen LogP contribution in [0.1, 0.15) is 46.2 Å². The third-order valence-electron chi connectivity index (χ3n) is 2.73. The second-order valence-electron chi connectivity index (χ2n) is 5.13. The Morgan fingerprint density at radius 2 is 2.00 bits per heavy atom. The van der Waals surface area contributed by atoms with E-state index in [1.807, 2.05) is 40.7 Å². The number of hydrogen-bond donors (Lipinski definition) is 1. The van der Waals surface area contributed by atoms with Gasteiger partial charge in [-0.15, -0.1) is 0 Å². The number of pyridine rings is 1. The van der Waals surface area contributed by atoms with Crippen molar-refractivity contribution in [2.45, 2.75) is 52.4 Å². The van der Waals surface area contributed by atoms with Crippen molar-refractivity contribution in [3.05, 3.63) is 24.0 Å². The molecule has 0 aliphatic rings. The number of nitrogens with two attached hydrogens (primary N) is 1. The fourth-order valence-electron chi connectivity index (χ4n) is 1.81. The number of rotatable bonds is 6. The molecule has 18 heavy (non-hydrogen) atoms. The normalized spacial score (nSPS) is 13.7. The van der Waals surface area contributed by atoms with Crippen LogP contribution in [-0.2, 0) is 4.74 Å². The minimum Gasteiger partial charge on any atom is -0.489 e. The van der Waals surface area contributed by atoms with Gasteiger partial charge in [0.25, 0.3) is 0 Å². The zero-order valence-electron chi connectivity index (χ0n) is 11.9. The molecule has 0 spiro atoms. The van der Waals surface area contributed by atoms with Crippen LogP contribution in [0.5, 0.6) is 5.75 Å². The van der Waals surface area contributed by atoms with E-state index >= 15 is 0 Å². The van der Waals surface area contributed by atoms with Crippen molar-refractivity contribution in [2.75, 3.05) is 6.61 Å². The van der Waals surface area contributed by atoms with Crippen LogP contribution < -0.4 is 10.5 Å². The summed E-state index contributed by atoms with van der Waals surface area (Å²) in [6, 6.07) is 1.69. The Hall–Kier alpha value is -1.13. The minimum absolute atomic E-state index is 0.123. The van der Waals surface area contributed by atoms with Gasteiger partial charge in [-0.2, -0.15) is 0 Å². The van der Waals surface area contributed by atoms with Gasteiger partial charge in [-0.3, -0.25) is 4.98 Å². The minimum atomic E-state index is -0.424. The van der Waals surface area contributed by atoms with Crippen LogP contribution >= 0.6 is 0 Å². The first-order chi connectivity index (χ1) is 8.36. The molecule has 0 aromatic carbocycles. The Kier molecular flexibility index (Phi) is 5.11. The maximum Gasteiger partial charge on any atom is 0.138 e. The van der Waals surface area contributed by atoms with Gasteiger partial charge in [-0.25, -0.2) is 0 Å². The Morgan fingerprint density at radius 3 is 2.56 bits per heavy atom. The Morgan fingerprint density at radius 1 is 1.33 bits per heavy atom. The van der Waals surface area contributed by atoms with Crippen molar-refractivity contribution in [3.63, 3.8) is 0 Å². The summed E-state index contributed by atoms with van der Waals surface area (Å²) < 4.78 is 11.3. The van der Waals surface area contributed by atoms with E-state index in [0.29, 0.717) is 6.61 Å². The Bertz CT molecular complexity index is 378. The highest BCUT2D eigenvalue weighted by Gasteiger charge is 2.28. The van der Waals surface area contributed by atoms with E-state index in [1.54, 1.807) is 12.4 Å². The Labute approximate surface area is 110 Å². The summed E-state index contributed by atoms with van der Waals surface area (Å²) in [7, 11) is 0. The van der Waals surface area contributed by atoms with Crippen molar-refractivity contribution in [3.8, 4) is 5.75 Å². The third-order valence-corrected chi connectivity index (χ3v) is 2.73. The van der Waals surface area contributed by atoms with Crippen LogP contribution in [0.25, 0.3) is 0 Å². The fraction of sp³-hybridized carbons (Fsp3) is 0.643. The molecule has 4 heteroatoms. The SMILES string of the molecule is CCOC(C)(C)C(N)c1cncc(OC(C)C)c1. The third kappa shape index (κ3) is 3.96. The number of ether oxygens (including phenoxy) is 2. The van der Waals surface area contributed by atoms with Gasteiger partial charge in [0.2, 0.25) is 0 Å². The molecule has 0 saturated carbocycles. The van der Waals surface area contributed by atoms with Gasteiger partial charge in [0.1, 0.15) is 5.75 Å². The first kappa shape index (κ1) is 14.9. The molecule has 1 heterocycles. The first-order valence-electron chi connectivity index (χ1n) is 6.38. The predicted molar refractivity (Wildman–Crippen MR) is 72.6 cm³/mol. The summed E-state index contributed by atoms with van der Waals surface area (Å²) >= 11 is 0. The summed E-state index contributed by atoms with van der Waals surface area (Å²) in [6.45, 7) is 10.5. The van der Waals surface area contributed by atoms with E-state index in [9.17, 15) is 0 Å². The van der Waals surface area contributed by atoms with E-state index in [2.05, 4.69) is 4.98 Å². The highest BCUT2D eigenvalue weighted by molar-refractivity contribution is 5.27. The standard InChI is InChI=1S/C14H24N2O2/c1-6-17-14(4,5)13(15)11-7-12(9-16-8-11)18-10(2)3/h7-10,13H,6,15H2,1-5H3. The van der Waals surface area contributed by atoms with Gasteiger partial charge >= 0.3 is 0 Å². The summed E-state index contributed by atoms with van der Waals surface area (Å²) in [5, 5.41) is 0. The molecule has 102 valence electrons. The molecule has 0 aliphatic carbocycles. The van der Waals surface area contributed by atoms with Crippen molar-refractivity contribution < 1.29 is 9.47 Å². The average Bonchev–Trinajstić information content (AvgIpc) is 2.27. The predicted octanol–water partition coefficient (Wildman–Crippen LogP) is 2.68. The molecule has 0 saturated heterocycles. The first-order valence-corrected chi connectivity index (χ1v) is 6.38. The molecule has 1 unspecified atom stereocenters. The van der Waals surface area contributed by atoms with Gasteiger partial charge in [0.05, 0.1) is 23.9 Å². The van der Waals surface area contributed by atoms with Crippen LogP contribution in [0.3, 0.4) is 0 Å². The lowest BCUT2D eigenvalue weighted by molar-refractivity contribution is -0.0299. The van der Waals surface area contributed by atoms with Gasteiger partial charge in [-0.1, -0.05) is 0 Å². The van der Waals surface area contributed by atoms with Crippen molar-refractivity contribution >= 4 is 0 Å². The summed E-state index contributed by atoms with van der Waals surface area (Å²) in [5.74, 6) is 0.741. The van der Waals surface area contributed by atoms with E-state index in [1.165, 1.54) is 0 Å². The Balaban J connectivity index is 2.88. The highest BCUT2D eigenvalue weighted by atomic mass is 16.5. The van der Waals surface area contributed by atoms with E-state index < -0.39 is 5.60 Å². The monoisotopic (exact) mass is 252 g/mol. The zero-order chi connectivity index (χ0) is 13.8. The van der Waals surface area contributed by atoms with Crippen LogP contribution in [0.15, 0.2) is 18.5 Å². The average molecular weight is 252 g/mol. The molecule has 2 N–H and O–H groups in total. The zero-order valence-corrected chi connectivity index (χ0v) is 11.9. The quantitative estimate of drug-likeness (QED) is 0.845. The molecule has 1 aromatic heterocycles. The summed E-state index contributed by atoms with van der Waals surface area (Å²) in [5.41, 5.74) is 6.74. The largest absolute Gasteiger partial charge is 0.489 e. The molecule has 0 amide bonds. The molecule has 0 fully saturated rings. The molecule has 0 bridgehead atoms. The molecule has 0 radical (unpaired) electrons. The number of nitrogens with zero attached hydrogens (tertiary/aromatic N) is 1.